The van der Waals surface area contributed by atoms with Gasteiger partial charge in [-0.3, -0.25) is 4.90 Å². The van der Waals surface area contributed by atoms with Gasteiger partial charge in [-0.25, -0.2) is 13.5 Å². The van der Waals surface area contributed by atoms with Gasteiger partial charge in [-0.05, 0) is 80.7 Å². The summed E-state index contributed by atoms with van der Waals surface area (Å²) >= 11 is 0. The lowest BCUT2D eigenvalue weighted by molar-refractivity contribution is 0.122. The molecule has 0 amide bonds. The minimum atomic E-state index is -1.60. The molecule has 0 spiro atoms. The summed E-state index contributed by atoms with van der Waals surface area (Å²) in [6, 6.07) is 15.1. The van der Waals surface area contributed by atoms with E-state index in [1.54, 1.807) is 6.92 Å². The molecule has 4 nitrogen and oxygen atoms in total. The molecule has 1 aliphatic carbocycles. The van der Waals surface area contributed by atoms with E-state index in [2.05, 4.69) is 60.5 Å². The fourth-order valence-corrected chi connectivity index (χ4v) is 7.14. The van der Waals surface area contributed by atoms with Crippen molar-refractivity contribution in [2.75, 3.05) is 0 Å². The van der Waals surface area contributed by atoms with Gasteiger partial charge in [0.25, 0.3) is 0 Å². The Hall–Kier alpha value is -3.51. The SMILES string of the molecule is CCc1cccc2c1-n1nc3c(c1C1(C)C2=CC(C)(F)c2[nH]ccc21)CN(Cc1ccc(F)cc1)C3(C)C. The summed E-state index contributed by atoms with van der Waals surface area (Å²) in [5, 5.41) is 5.35. The van der Waals surface area contributed by atoms with Gasteiger partial charge < -0.3 is 4.98 Å². The molecule has 2 aliphatic heterocycles. The van der Waals surface area contributed by atoms with Crippen molar-refractivity contribution in [3.63, 3.8) is 0 Å². The fraction of sp³-hybridized carbons (Fsp3) is 0.344. The van der Waals surface area contributed by atoms with Crippen LogP contribution >= 0.6 is 0 Å². The standard InChI is InChI=1S/C32H32F2N4/c1-6-20-8-7-9-22-25-16-31(4,34)28-24(14-15-35-28)32(25,5)29-23-18-37(17-19-10-12-21(33)13-11-19)30(2,3)27(23)36-38(29)26(20)22/h7-16,35H,6,17-18H2,1-5H3. The molecule has 2 unspecified atom stereocenters. The first kappa shape index (κ1) is 23.6. The van der Waals surface area contributed by atoms with Gasteiger partial charge in [-0.2, -0.15) is 5.10 Å². The zero-order chi connectivity index (χ0) is 26.6. The molecule has 4 heterocycles. The minimum absolute atomic E-state index is 0.226. The highest BCUT2D eigenvalue weighted by molar-refractivity contribution is 5.89. The second-order valence-electron chi connectivity index (χ2n) is 11.8. The zero-order valence-electron chi connectivity index (χ0n) is 22.5. The topological polar surface area (TPSA) is 36.9 Å². The van der Waals surface area contributed by atoms with Gasteiger partial charge in [0.2, 0.25) is 0 Å². The number of para-hydroxylation sites is 1. The third-order valence-electron chi connectivity index (χ3n) is 9.19. The second kappa shape index (κ2) is 7.54. The van der Waals surface area contributed by atoms with E-state index in [0.29, 0.717) is 18.8 Å². The number of hydrogen-bond acceptors (Lipinski definition) is 2. The van der Waals surface area contributed by atoms with Crippen LogP contribution in [0.25, 0.3) is 11.3 Å². The van der Waals surface area contributed by atoms with E-state index in [9.17, 15) is 4.39 Å². The molecule has 2 aromatic heterocycles. The van der Waals surface area contributed by atoms with Crippen LogP contribution in [0.5, 0.6) is 0 Å². The largest absolute Gasteiger partial charge is 0.362 e. The summed E-state index contributed by atoms with van der Waals surface area (Å²) in [4.78, 5) is 5.62. The third kappa shape index (κ3) is 2.90. The zero-order valence-corrected chi connectivity index (χ0v) is 22.5. The molecule has 7 rings (SSSR count). The van der Waals surface area contributed by atoms with Crippen molar-refractivity contribution in [1.82, 2.24) is 19.7 Å². The van der Waals surface area contributed by atoms with Crippen LogP contribution in [-0.2, 0) is 36.1 Å². The van der Waals surface area contributed by atoms with Gasteiger partial charge in [0, 0.05) is 30.4 Å². The molecule has 0 fully saturated rings. The number of halogens is 2. The summed E-state index contributed by atoms with van der Waals surface area (Å²) in [6.45, 7) is 11.9. The van der Waals surface area contributed by atoms with E-state index in [0.717, 1.165) is 45.8 Å². The smallest absolute Gasteiger partial charge is 0.166 e. The number of nitrogens with zero attached hydrogens (tertiary/aromatic N) is 3. The van der Waals surface area contributed by atoms with Crippen molar-refractivity contribution in [3.8, 4) is 5.69 Å². The van der Waals surface area contributed by atoms with Gasteiger partial charge in [0.1, 0.15) is 5.82 Å². The highest BCUT2D eigenvalue weighted by Gasteiger charge is 2.54. The molecule has 2 atom stereocenters. The van der Waals surface area contributed by atoms with Gasteiger partial charge in [0.15, 0.2) is 5.67 Å². The Morgan fingerprint density at radius 2 is 1.79 bits per heavy atom. The Bertz CT molecular complexity index is 1640. The van der Waals surface area contributed by atoms with E-state index in [1.807, 2.05) is 30.5 Å². The predicted octanol–water partition coefficient (Wildman–Crippen LogP) is 7.05. The summed E-state index contributed by atoms with van der Waals surface area (Å²) in [5.41, 5.74) is 7.85. The summed E-state index contributed by atoms with van der Waals surface area (Å²) in [6.07, 6.45) is 4.54. The summed E-state index contributed by atoms with van der Waals surface area (Å²) in [5.74, 6) is -0.226. The Kier molecular flexibility index (Phi) is 4.68. The number of aryl methyl sites for hydroxylation is 1. The van der Waals surface area contributed by atoms with E-state index in [4.69, 9.17) is 5.10 Å². The average molecular weight is 511 g/mol. The van der Waals surface area contributed by atoms with Gasteiger partial charge in [-0.15, -0.1) is 0 Å². The molecule has 1 N–H and O–H groups in total. The number of fused-ring (bicyclic) bond motifs is 10. The molecular formula is C32H32F2N4. The Morgan fingerprint density at radius 1 is 1.03 bits per heavy atom. The fourth-order valence-electron chi connectivity index (χ4n) is 7.14. The predicted molar refractivity (Wildman–Crippen MR) is 145 cm³/mol. The molecule has 0 bridgehead atoms. The number of hydrogen-bond donors (Lipinski definition) is 1. The van der Waals surface area contributed by atoms with Crippen LogP contribution in [0.2, 0.25) is 0 Å². The number of aromatic nitrogens is 3. The number of H-pyrrole nitrogens is 1. The maximum absolute atomic E-state index is 16.2. The third-order valence-corrected chi connectivity index (χ3v) is 9.19. The lowest BCUT2D eigenvalue weighted by atomic mass is 9.62. The van der Waals surface area contributed by atoms with Crippen LogP contribution in [0, 0.1) is 5.82 Å². The van der Waals surface area contributed by atoms with E-state index >= 15 is 4.39 Å². The number of benzene rings is 2. The van der Waals surface area contributed by atoms with Crippen LogP contribution in [-0.4, -0.2) is 19.7 Å². The van der Waals surface area contributed by atoms with Gasteiger partial charge in [0.05, 0.1) is 33.7 Å². The molecular weight excluding hydrogens is 478 g/mol. The highest BCUT2D eigenvalue weighted by Crippen LogP contribution is 2.59. The Morgan fingerprint density at radius 3 is 2.53 bits per heavy atom. The second-order valence-corrected chi connectivity index (χ2v) is 11.8. The van der Waals surface area contributed by atoms with Crippen molar-refractivity contribution in [3.05, 3.63) is 112 Å². The van der Waals surface area contributed by atoms with E-state index in [1.165, 1.54) is 23.3 Å². The normalized spacial score (nSPS) is 24.8. The number of rotatable bonds is 3. The molecule has 194 valence electrons. The van der Waals surface area contributed by atoms with Gasteiger partial charge in [-0.1, -0.05) is 37.3 Å². The first-order chi connectivity index (χ1) is 18.1. The number of nitrogens with one attached hydrogen (secondary N) is 1. The minimum Gasteiger partial charge on any atom is -0.362 e. The van der Waals surface area contributed by atoms with Crippen LogP contribution < -0.4 is 0 Å². The van der Waals surface area contributed by atoms with Gasteiger partial charge >= 0.3 is 0 Å². The number of aromatic amines is 1. The quantitative estimate of drug-likeness (QED) is 0.321. The molecule has 0 saturated heterocycles. The molecule has 2 aromatic carbocycles. The maximum atomic E-state index is 16.2. The number of allylic oxidation sites excluding steroid dienone is 2. The molecule has 0 saturated carbocycles. The van der Waals surface area contributed by atoms with Crippen LogP contribution in [0.4, 0.5) is 8.78 Å². The van der Waals surface area contributed by atoms with E-state index in [-0.39, 0.29) is 11.4 Å². The molecule has 38 heavy (non-hydrogen) atoms. The van der Waals surface area contributed by atoms with Crippen LogP contribution in [0.1, 0.15) is 79.5 Å². The average Bonchev–Trinajstić information content (AvgIpc) is 3.58. The van der Waals surface area contributed by atoms with Crippen molar-refractivity contribution < 1.29 is 8.78 Å². The summed E-state index contributed by atoms with van der Waals surface area (Å²) < 4.78 is 31.9. The lowest BCUT2D eigenvalue weighted by Gasteiger charge is -2.44. The number of alkyl halides is 1. The van der Waals surface area contributed by atoms with Crippen LogP contribution in [0.15, 0.2) is 60.8 Å². The summed E-state index contributed by atoms with van der Waals surface area (Å²) in [7, 11) is 0. The Balaban J connectivity index is 1.48. The lowest BCUT2D eigenvalue weighted by Crippen LogP contribution is -2.41. The van der Waals surface area contributed by atoms with Crippen molar-refractivity contribution in [2.24, 2.45) is 0 Å². The van der Waals surface area contributed by atoms with Crippen LogP contribution in [0.3, 0.4) is 0 Å². The highest BCUT2D eigenvalue weighted by atomic mass is 19.1. The first-order valence-electron chi connectivity index (χ1n) is 13.4. The first-order valence-corrected chi connectivity index (χ1v) is 13.4. The molecule has 6 heteroatoms. The van der Waals surface area contributed by atoms with Crippen molar-refractivity contribution >= 4 is 5.57 Å². The molecule has 0 radical (unpaired) electrons. The molecule has 4 aromatic rings. The molecule has 3 aliphatic rings. The maximum Gasteiger partial charge on any atom is 0.166 e. The Labute approximate surface area is 222 Å². The van der Waals surface area contributed by atoms with E-state index < -0.39 is 11.1 Å². The monoisotopic (exact) mass is 510 g/mol. The van der Waals surface area contributed by atoms with Crippen molar-refractivity contribution in [2.45, 2.75) is 70.8 Å². The van der Waals surface area contributed by atoms with Crippen molar-refractivity contribution in [1.29, 1.82) is 0 Å².